The Hall–Kier alpha value is 0.620. The Labute approximate surface area is 129 Å². The number of alkyl halides is 2. The van der Waals surface area contributed by atoms with Crippen LogP contribution < -0.4 is 0 Å². The summed E-state index contributed by atoms with van der Waals surface area (Å²) in [4.78, 5) is 0. The summed E-state index contributed by atoms with van der Waals surface area (Å²) in [5.74, 6) is 0. The Balaban J connectivity index is 2.51. The van der Waals surface area contributed by atoms with Crippen molar-refractivity contribution in [3.8, 4) is 0 Å². The highest BCUT2D eigenvalue weighted by Gasteiger charge is 2.33. The van der Waals surface area contributed by atoms with Crippen molar-refractivity contribution in [3.63, 3.8) is 0 Å². The molecule has 0 nitrogen and oxygen atoms in total. The minimum atomic E-state index is -0.197. The molecule has 0 saturated carbocycles. The van der Waals surface area contributed by atoms with E-state index in [1.165, 1.54) is 11.1 Å². The fraction of sp³-hybridized carbons (Fsp3) is 0.167. The standard InChI is InChI=1S/C12H8Br4/c13-10-6-9(8-4-2-1-3-5-8)12(15,16)7-11(10)14/h1-6H,7H2. The summed E-state index contributed by atoms with van der Waals surface area (Å²) in [7, 11) is 0. The van der Waals surface area contributed by atoms with E-state index in [1.54, 1.807) is 0 Å². The molecule has 0 N–H and O–H groups in total. The van der Waals surface area contributed by atoms with E-state index in [0.29, 0.717) is 0 Å². The molecule has 1 aromatic rings. The van der Waals surface area contributed by atoms with Crippen LogP contribution in [0.1, 0.15) is 12.0 Å². The first-order chi connectivity index (χ1) is 7.50. The maximum absolute atomic E-state index is 3.73. The molecular weight excluding hydrogens is 464 g/mol. The van der Waals surface area contributed by atoms with Crippen LogP contribution in [0.3, 0.4) is 0 Å². The first-order valence-electron chi connectivity index (χ1n) is 4.70. The number of benzene rings is 1. The van der Waals surface area contributed by atoms with Gasteiger partial charge in [0, 0.05) is 15.4 Å². The van der Waals surface area contributed by atoms with Crippen molar-refractivity contribution in [3.05, 3.63) is 50.9 Å². The second kappa shape index (κ2) is 5.09. The highest BCUT2D eigenvalue weighted by molar-refractivity contribution is 9.25. The zero-order chi connectivity index (χ0) is 11.8. The maximum atomic E-state index is 3.73. The van der Waals surface area contributed by atoms with Crippen molar-refractivity contribution in [1.29, 1.82) is 0 Å². The molecule has 0 spiro atoms. The summed E-state index contributed by atoms with van der Waals surface area (Å²) in [5, 5.41) is 0. The molecule has 16 heavy (non-hydrogen) atoms. The van der Waals surface area contributed by atoms with Crippen molar-refractivity contribution in [2.75, 3.05) is 0 Å². The molecule has 0 radical (unpaired) electrons. The second-order valence-electron chi connectivity index (χ2n) is 3.56. The maximum Gasteiger partial charge on any atom is 0.110 e. The van der Waals surface area contributed by atoms with Crippen LogP contribution in [0.25, 0.3) is 5.57 Å². The molecule has 0 heterocycles. The Morgan fingerprint density at radius 1 is 1.00 bits per heavy atom. The van der Waals surface area contributed by atoms with Gasteiger partial charge in [0.1, 0.15) is 3.23 Å². The van der Waals surface area contributed by atoms with Crippen LogP contribution in [0.2, 0.25) is 0 Å². The predicted octanol–water partition coefficient (Wildman–Crippen LogP) is 5.96. The third-order valence-electron chi connectivity index (χ3n) is 2.39. The molecule has 1 aliphatic rings. The Morgan fingerprint density at radius 3 is 2.25 bits per heavy atom. The SMILES string of the molecule is BrC1=C(Br)CC(Br)(Br)C(c2ccccc2)=C1. The van der Waals surface area contributed by atoms with Crippen molar-refractivity contribution in [2.45, 2.75) is 9.65 Å². The van der Waals surface area contributed by atoms with Crippen molar-refractivity contribution in [1.82, 2.24) is 0 Å². The minimum absolute atomic E-state index is 0.197. The average Bonchev–Trinajstić information content (AvgIpc) is 2.24. The van der Waals surface area contributed by atoms with Gasteiger partial charge in [-0.05, 0) is 33.1 Å². The third-order valence-corrected chi connectivity index (χ3v) is 5.75. The fourth-order valence-corrected chi connectivity index (χ4v) is 4.50. The molecular formula is C12H8Br4. The second-order valence-corrected chi connectivity index (χ2v) is 9.14. The van der Waals surface area contributed by atoms with Gasteiger partial charge in [0.05, 0.1) is 0 Å². The van der Waals surface area contributed by atoms with E-state index in [2.05, 4.69) is 81.9 Å². The van der Waals surface area contributed by atoms with Crippen LogP contribution in [0.15, 0.2) is 45.4 Å². The molecule has 0 fully saturated rings. The molecule has 0 amide bonds. The number of hydrogen-bond acceptors (Lipinski definition) is 0. The van der Waals surface area contributed by atoms with Gasteiger partial charge in [-0.15, -0.1) is 0 Å². The minimum Gasteiger partial charge on any atom is -0.0670 e. The van der Waals surface area contributed by atoms with Crippen LogP contribution in [0, 0.1) is 0 Å². The topological polar surface area (TPSA) is 0 Å². The molecule has 0 aliphatic heterocycles. The largest absolute Gasteiger partial charge is 0.110 e. The zero-order valence-corrected chi connectivity index (χ0v) is 14.5. The van der Waals surface area contributed by atoms with Gasteiger partial charge < -0.3 is 0 Å². The zero-order valence-electron chi connectivity index (χ0n) is 8.18. The van der Waals surface area contributed by atoms with Crippen molar-refractivity contribution < 1.29 is 0 Å². The fourth-order valence-electron chi connectivity index (χ4n) is 1.60. The van der Waals surface area contributed by atoms with Crippen LogP contribution in [0.4, 0.5) is 0 Å². The van der Waals surface area contributed by atoms with Crippen molar-refractivity contribution >= 4 is 69.3 Å². The lowest BCUT2D eigenvalue weighted by Gasteiger charge is -2.28. The lowest BCUT2D eigenvalue weighted by molar-refractivity contribution is 1.03. The monoisotopic (exact) mass is 468 g/mol. The summed E-state index contributed by atoms with van der Waals surface area (Å²) in [6.45, 7) is 0. The smallest absolute Gasteiger partial charge is 0.0670 e. The van der Waals surface area contributed by atoms with Gasteiger partial charge >= 0.3 is 0 Å². The summed E-state index contributed by atoms with van der Waals surface area (Å²) in [5.41, 5.74) is 2.44. The van der Waals surface area contributed by atoms with Crippen molar-refractivity contribution in [2.24, 2.45) is 0 Å². The summed E-state index contributed by atoms with van der Waals surface area (Å²) >= 11 is 14.6. The highest BCUT2D eigenvalue weighted by atomic mass is 79.9. The van der Waals surface area contributed by atoms with Gasteiger partial charge in [0.2, 0.25) is 0 Å². The lowest BCUT2D eigenvalue weighted by atomic mass is 9.97. The summed E-state index contributed by atoms with van der Waals surface area (Å²) < 4.78 is 2.05. The van der Waals surface area contributed by atoms with Gasteiger partial charge in [-0.3, -0.25) is 0 Å². The summed E-state index contributed by atoms with van der Waals surface area (Å²) in [6, 6.07) is 10.4. The Morgan fingerprint density at radius 2 is 1.62 bits per heavy atom. The van der Waals surface area contributed by atoms with Gasteiger partial charge in [-0.2, -0.15) is 0 Å². The average molecular weight is 472 g/mol. The van der Waals surface area contributed by atoms with Gasteiger partial charge in [-0.1, -0.05) is 78.1 Å². The number of rotatable bonds is 1. The van der Waals surface area contributed by atoms with Crippen LogP contribution >= 0.6 is 63.7 Å². The van der Waals surface area contributed by atoms with Crippen LogP contribution in [-0.4, -0.2) is 3.23 Å². The van der Waals surface area contributed by atoms with E-state index in [4.69, 9.17) is 0 Å². The Bertz CT molecular complexity index is 457. The lowest BCUT2D eigenvalue weighted by Crippen LogP contribution is -2.17. The quantitative estimate of drug-likeness (QED) is 0.443. The highest BCUT2D eigenvalue weighted by Crippen LogP contribution is 2.51. The van der Waals surface area contributed by atoms with E-state index < -0.39 is 0 Å². The van der Waals surface area contributed by atoms with E-state index in [-0.39, 0.29) is 3.23 Å². The molecule has 0 unspecified atom stereocenters. The first-order valence-corrected chi connectivity index (χ1v) is 7.87. The van der Waals surface area contributed by atoms with Crippen LogP contribution in [-0.2, 0) is 0 Å². The summed E-state index contributed by atoms with van der Waals surface area (Å²) in [6.07, 6.45) is 3.00. The van der Waals surface area contributed by atoms with Gasteiger partial charge in [-0.25, -0.2) is 0 Å². The third kappa shape index (κ3) is 2.71. The molecule has 0 bridgehead atoms. The molecule has 0 saturated heterocycles. The molecule has 1 aliphatic carbocycles. The number of halogens is 4. The van der Waals surface area contributed by atoms with E-state index in [1.807, 2.05) is 18.2 Å². The van der Waals surface area contributed by atoms with E-state index in [0.717, 1.165) is 15.4 Å². The molecule has 1 aromatic carbocycles. The predicted molar refractivity (Wildman–Crippen MR) is 84.5 cm³/mol. The van der Waals surface area contributed by atoms with Crippen LogP contribution in [0.5, 0.6) is 0 Å². The number of allylic oxidation sites excluding steroid dienone is 4. The van der Waals surface area contributed by atoms with E-state index >= 15 is 0 Å². The Kier molecular flexibility index (Phi) is 4.15. The molecule has 4 heteroatoms. The number of hydrogen-bond donors (Lipinski definition) is 0. The molecule has 84 valence electrons. The normalized spacial score (nSPS) is 19.6. The molecule has 2 rings (SSSR count). The molecule has 0 aromatic heterocycles. The van der Waals surface area contributed by atoms with E-state index in [9.17, 15) is 0 Å². The van der Waals surface area contributed by atoms with Gasteiger partial charge in [0.25, 0.3) is 0 Å². The molecule has 0 atom stereocenters. The first kappa shape index (κ1) is 13.1. The van der Waals surface area contributed by atoms with Gasteiger partial charge in [0.15, 0.2) is 0 Å².